The minimum absolute atomic E-state index is 0.206. The summed E-state index contributed by atoms with van der Waals surface area (Å²) in [5.74, 6) is -0.137. The Bertz CT molecular complexity index is 1040. The highest BCUT2D eigenvalue weighted by molar-refractivity contribution is 5.95. The maximum atomic E-state index is 12.9. The lowest BCUT2D eigenvalue weighted by molar-refractivity contribution is -0.115. The molecular formula is C22H22FN5O4. The number of carbonyl (C=O) groups is 3. The van der Waals surface area contributed by atoms with Crippen LogP contribution in [-0.2, 0) is 17.9 Å². The van der Waals surface area contributed by atoms with E-state index in [2.05, 4.69) is 26.6 Å². The summed E-state index contributed by atoms with van der Waals surface area (Å²) in [5.41, 5.74) is 1.78. The van der Waals surface area contributed by atoms with Crippen LogP contribution in [0.4, 0.5) is 25.4 Å². The topological polar surface area (TPSA) is 125 Å². The molecule has 0 spiro atoms. The van der Waals surface area contributed by atoms with Gasteiger partial charge in [-0.1, -0.05) is 12.1 Å². The van der Waals surface area contributed by atoms with E-state index in [4.69, 9.17) is 4.42 Å². The van der Waals surface area contributed by atoms with Crippen LogP contribution in [0.1, 0.15) is 11.3 Å². The number of amides is 5. The predicted octanol–water partition coefficient (Wildman–Crippen LogP) is 3.18. The Morgan fingerprint density at radius 2 is 1.41 bits per heavy atom. The molecule has 5 N–H and O–H groups in total. The Kier molecular flexibility index (Phi) is 7.79. The first-order valence-electron chi connectivity index (χ1n) is 9.71. The number of benzene rings is 2. The predicted molar refractivity (Wildman–Crippen MR) is 116 cm³/mol. The number of urea groups is 2. The first-order valence-corrected chi connectivity index (χ1v) is 9.71. The summed E-state index contributed by atoms with van der Waals surface area (Å²) in [4.78, 5) is 35.7. The molecule has 0 saturated carbocycles. The first-order chi connectivity index (χ1) is 15.5. The zero-order chi connectivity index (χ0) is 22.8. The number of halogens is 1. The normalized spacial score (nSPS) is 10.2. The van der Waals surface area contributed by atoms with E-state index in [0.717, 1.165) is 5.56 Å². The Hall–Kier alpha value is -4.34. The van der Waals surface area contributed by atoms with Crippen LogP contribution in [0.25, 0.3) is 0 Å². The maximum absolute atomic E-state index is 12.9. The van der Waals surface area contributed by atoms with E-state index in [1.165, 1.54) is 18.4 Å². The highest BCUT2D eigenvalue weighted by Crippen LogP contribution is 2.13. The van der Waals surface area contributed by atoms with Crippen molar-refractivity contribution in [1.82, 2.24) is 16.0 Å². The smallest absolute Gasteiger partial charge is 0.319 e. The highest BCUT2D eigenvalue weighted by Gasteiger charge is 2.07. The van der Waals surface area contributed by atoms with Crippen molar-refractivity contribution in [3.8, 4) is 0 Å². The molecule has 0 aliphatic heterocycles. The molecule has 166 valence electrons. The van der Waals surface area contributed by atoms with Gasteiger partial charge in [0, 0.05) is 17.9 Å². The van der Waals surface area contributed by atoms with Crippen LogP contribution in [-0.4, -0.2) is 24.5 Å². The largest absolute Gasteiger partial charge is 0.467 e. The van der Waals surface area contributed by atoms with Crippen molar-refractivity contribution in [2.24, 2.45) is 0 Å². The second-order valence-electron chi connectivity index (χ2n) is 6.68. The lowest BCUT2D eigenvalue weighted by atomic mass is 10.2. The van der Waals surface area contributed by atoms with Crippen molar-refractivity contribution in [1.29, 1.82) is 0 Å². The minimum Gasteiger partial charge on any atom is -0.467 e. The van der Waals surface area contributed by atoms with E-state index < -0.39 is 18.0 Å². The molecule has 0 aliphatic rings. The molecule has 0 aliphatic carbocycles. The van der Waals surface area contributed by atoms with Gasteiger partial charge in [-0.2, -0.15) is 0 Å². The molecule has 3 rings (SSSR count). The summed E-state index contributed by atoms with van der Waals surface area (Å²) >= 11 is 0. The van der Waals surface area contributed by atoms with Crippen LogP contribution in [0.5, 0.6) is 0 Å². The van der Waals surface area contributed by atoms with Crippen molar-refractivity contribution in [3.63, 3.8) is 0 Å². The average Bonchev–Trinajstić information content (AvgIpc) is 3.31. The van der Waals surface area contributed by atoms with E-state index in [1.54, 1.807) is 48.5 Å². The van der Waals surface area contributed by atoms with Gasteiger partial charge in [-0.3, -0.25) is 4.79 Å². The quantitative estimate of drug-likeness (QED) is 0.370. The van der Waals surface area contributed by atoms with E-state index in [-0.39, 0.29) is 25.5 Å². The molecule has 0 unspecified atom stereocenters. The third-order valence-corrected chi connectivity index (χ3v) is 4.21. The lowest BCUT2D eigenvalue weighted by Crippen LogP contribution is -2.39. The summed E-state index contributed by atoms with van der Waals surface area (Å²) in [5, 5.41) is 13.0. The van der Waals surface area contributed by atoms with E-state index in [1.807, 2.05) is 0 Å². The van der Waals surface area contributed by atoms with Crippen molar-refractivity contribution in [2.75, 3.05) is 17.2 Å². The highest BCUT2D eigenvalue weighted by atomic mass is 19.1. The van der Waals surface area contributed by atoms with Crippen molar-refractivity contribution in [3.05, 3.63) is 84.1 Å². The van der Waals surface area contributed by atoms with Crippen LogP contribution in [0.2, 0.25) is 0 Å². The van der Waals surface area contributed by atoms with Gasteiger partial charge in [-0.25, -0.2) is 14.0 Å². The van der Waals surface area contributed by atoms with Gasteiger partial charge in [0.15, 0.2) is 0 Å². The van der Waals surface area contributed by atoms with Gasteiger partial charge >= 0.3 is 12.1 Å². The van der Waals surface area contributed by atoms with Crippen molar-refractivity contribution < 1.29 is 23.2 Å². The maximum Gasteiger partial charge on any atom is 0.319 e. The number of carbonyl (C=O) groups excluding carboxylic acids is 3. The molecule has 3 aromatic rings. The number of rotatable bonds is 8. The summed E-state index contributed by atoms with van der Waals surface area (Å²) < 4.78 is 18.0. The van der Waals surface area contributed by atoms with E-state index in [0.29, 0.717) is 17.1 Å². The third kappa shape index (κ3) is 7.48. The molecular weight excluding hydrogens is 417 g/mol. The molecule has 0 saturated heterocycles. The second-order valence-corrected chi connectivity index (χ2v) is 6.68. The Balaban J connectivity index is 1.35. The number of hydrogen-bond acceptors (Lipinski definition) is 4. The summed E-state index contributed by atoms with van der Waals surface area (Å²) in [6.45, 7) is 0.235. The molecule has 0 fully saturated rings. The number of anilines is 2. The molecule has 2 aromatic carbocycles. The van der Waals surface area contributed by atoms with Gasteiger partial charge in [0.05, 0.1) is 19.4 Å². The van der Waals surface area contributed by atoms with Gasteiger partial charge in [0.2, 0.25) is 5.91 Å². The molecule has 9 nitrogen and oxygen atoms in total. The Morgan fingerprint density at radius 1 is 0.750 bits per heavy atom. The van der Waals surface area contributed by atoms with Crippen molar-refractivity contribution >= 4 is 29.3 Å². The van der Waals surface area contributed by atoms with Crippen LogP contribution in [0.15, 0.2) is 71.3 Å². The molecule has 0 atom stereocenters. The molecule has 10 heteroatoms. The Morgan fingerprint density at radius 3 is 2.06 bits per heavy atom. The summed E-state index contributed by atoms with van der Waals surface area (Å²) in [7, 11) is 0. The zero-order valence-corrected chi connectivity index (χ0v) is 17.0. The Labute approximate surface area is 183 Å². The lowest BCUT2D eigenvalue weighted by Gasteiger charge is -2.10. The molecule has 5 amide bonds. The minimum atomic E-state index is -0.524. The van der Waals surface area contributed by atoms with Gasteiger partial charge in [0.25, 0.3) is 0 Å². The first kappa shape index (κ1) is 22.3. The molecule has 32 heavy (non-hydrogen) atoms. The summed E-state index contributed by atoms with van der Waals surface area (Å²) in [6.07, 6.45) is 1.53. The van der Waals surface area contributed by atoms with Gasteiger partial charge in [-0.15, -0.1) is 0 Å². The fourth-order valence-electron chi connectivity index (χ4n) is 2.61. The number of furan rings is 1. The zero-order valence-electron chi connectivity index (χ0n) is 17.0. The fraction of sp³-hybridized carbons (Fsp3) is 0.136. The van der Waals surface area contributed by atoms with Crippen LogP contribution < -0.4 is 26.6 Å². The molecule has 1 aromatic heterocycles. The van der Waals surface area contributed by atoms with Gasteiger partial charge < -0.3 is 31.0 Å². The summed E-state index contributed by atoms with van der Waals surface area (Å²) in [6, 6.07) is 14.8. The molecule has 0 radical (unpaired) electrons. The molecule has 0 bridgehead atoms. The standard InChI is InChI=1S/C22H22FN5O4/c23-16-5-3-15(4-6-16)12-24-21(30)26-14-20(29)27-17-7-9-18(10-8-17)28-22(31)25-13-19-2-1-11-32-19/h1-11H,12-14H2,(H,27,29)(H2,24,26,30)(H2,25,28,31). The van der Waals surface area contributed by atoms with Crippen LogP contribution >= 0.6 is 0 Å². The second kappa shape index (κ2) is 11.2. The number of hydrogen-bond donors (Lipinski definition) is 5. The fourth-order valence-corrected chi connectivity index (χ4v) is 2.61. The van der Waals surface area contributed by atoms with E-state index in [9.17, 15) is 18.8 Å². The van der Waals surface area contributed by atoms with Crippen molar-refractivity contribution in [2.45, 2.75) is 13.1 Å². The monoisotopic (exact) mass is 439 g/mol. The van der Waals surface area contributed by atoms with E-state index >= 15 is 0 Å². The van der Waals surface area contributed by atoms with Crippen LogP contribution in [0.3, 0.4) is 0 Å². The van der Waals surface area contributed by atoms with Gasteiger partial charge in [0.1, 0.15) is 11.6 Å². The van der Waals surface area contributed by atoms with Crippen LogP contribution in [0, 0.1) is 5.82 Å². The van der Waals surface area contributed by atoms with Gasteiger partial charge in [-0.05, 0) is 54.1 Å². The average molecular weight is 439 g/mol. The third-order valence-electron chi connectivity index (χ3n) is 4.21. The SMILES string of the molecule is O=C(CNC(=O)NCc1ccc(F)cc1)Nc1ccc(NC(=O)NCc2ccco2)cc1. The molecule has 1 heterocycles. The number of nitrogens with one attached hydrogen (secondary N) is 5.